The first kappa shape index (κ1) is 16.6. The predicted octanol–water partition coefficient (Wildman–Crippen LogP) is 2.23. The zero-order chi connectivity index (χ0) is 23.2. The smallest absolute Gasteiger partial charge is 0.227 e. The van der Waals surface area contributed by atoms with Crippen LogP contribution in [0.1, 0.15) is 28.2 Å². The third-order valence-electron chi connectivity index (χ3n) is 5.98. The Labute approximate surface area is 181 Å². The summed E-state index contributed by atoms with van der Waals surface area (Å²) in [5.74, 6) is 1.12. The maximum Gasteiger partial charge on any atom is 0.227 e. The number of rotatable bonds is 5. The van der Waals surface area contributed by atoms with Crippen molar-refractivity contribution in [3.05, 3.63) is 41.3 Å². The fourth-order valence-corrected chi connectivity index (χ4v) is 5.54. The second kappa shape index (κ2) is 7.86. The minimum atomic E-state index is -2.62. The summed E-state index contributed by atoms with van der Waals surface area (Å²) in [6.07, 6.45) is 2.28. The molecule has 1 atom stereocenters. The van der Waals surface area contributed by atoms with E-state index in [1.54, 1.807) is 12.1 Å². The summed E-state index contributed by atoms with van der Waals surface area (Å²) in [6, 6.07) is 5.85. The Morgan fingerprint density at radius 3 is 2.80 bits per heavy atom. The summed E-state index contributed by atoms with van der Waals surface area (Å²) in [7, 11) is -3.77. The Balaban J connectivity index is 1.43. The number of hydrogen-bond acceptors (Lipinski definition) is 7. The van der Waals surface area contributed by atoms with Crippen molar-refractivity contribution in [1.29, 1.82) is 0 Å². The Hall–Kier alpha value is -2.10. The second-order valence-corrected chi connectivity index (χ2v) is 9.45. The van der Waals surface area contributed by atoms with Gasteiger partial charge in [0, 0.05) is 38.5 Å². The van der Waals surface area contributed by atoms with Crippen molar-refractivity contribution < 1.29 is 22.2 Å². The molecule has 1 aromatic heterocycles. The minimum Gasteiger partial charge on any atom is -0.381 e. The molecule has 0 saturated carbocycles. The molecule has 7 nitrogen and oxygen atoms in total. The Morgan fingerprint density at radius 2 is 2.07 bits per heavy atom. The normalized spacial score (nSPS) is 25.0. The highest BCUT2D eigenvalue weighted by atomic mass is 32.2. The lowest BCUT2D eigenvalue weighted by atomic mass is 9.86. The molecule has 3 aliphatic rings. The lowest BCUT2D eigenvalue weighted by Crippen LogP contribution is -2.61. The summed E-state index contributed by atoms with van der Waals surface area (Å²) >= 11 is 0. The van der Waals surface area contributed by atoms with Gasteiger partial charge < -0.3 is 19.7 Å². The highest BCUT2D eigenvalue weighted by Gasteiger charge is 2.46. The van der Waals surface area contributed by atoms with Crippen LogP contribution in [0.3, 0.4) is 0 Å². The van der Waals surface area contributed by atoms with E-state index in [0.717, 1.165) is 18.5 Å². The number of aryl methyl sites for hydroxylation is 1. The minimum absolute atomic E-state index is 0.178. The van der Waals surface area contributed by atoms with Gasteiger partial charge in [0.25, 0.3) is 0 Å². The van der Waals surface area contributed by atoms with Crippen molar-refractivity contribution in [2.24, 2.45) is 0 Å². The molecule has 4 heterocycles. The molecule has 160 valence electrons. The molecule has 1 unspecified atom stereocenters. The van der Waals surface area contributed by atoms with Crippen molar-refractivity contribution in [2.45, 2.75) is 35.8 Å². The molecule has 3 aliphatic heterocycles. The number of methoxy groups -OCH3 is 1. The van der Waals surface area contributed by atoms with Gasteiger partial charge in [0.2, 0.25) is 5.95 Å². The predicted molar refractivity (Wildman–Crippen MR) is 112 cm³/mol. The molecule has 0 aliphatic carbocycles. The molecule has 1 aromatic carbocycles. The lowest BCUT2D eigenvalue weighted by Gasteiger charge is -2.49. The van der Waals surface area contributed by atoms with E-state index in [1.165, 1.54) is 12.1 Å². The van der Waals surface area contributed by atoms with Gasteiger partial charge in [0.15, 0.2) is 0 Å². The maximum atomic E-state index is 13.4. The molecule has 9 heteroatoms. The van der Waals surface area contributed by atoms with Gasteiger partial charge in [-0.3, -0.25) is 4.21 Å². The van der Waals surface area contributed by atoms with Crippen LogP contribution in [0.2, 0.25) is 0 Å². The number of aromatic nitrogens is 2. The standard InChI is InChI=1S/C21H25FN4O3S/c1-28-21(14-2-4-15(22)5-3-14)12-26(13-21)20-24-17-8-11-30(27)18(17)19(25-20)23-16-6-9-29-10-7-16/h2-5,16H,6-13H2,1H3,(H,23,24,25)/i1D3. The van der Waals surface area contributed by atoms with Crippen LogP contribution in [0.5, 0.6) is 0 Å². The fourth-order valence-electron chi connectivity index (χ4n) is 4.23. The van der Waals surface area contributed by atoms with Crippen LogP contribution in [-0.2, 0) is 32.3 Å². The van der Waals surface area contributed by atoms with Crippen LogP contribution in [0.4, 0.5) is 16.2 Å². The molecule has 0 amide bonds. The Bertz CT molecular complexity index is 1060. The molecule has 30 heavy (non-hydrogen) atoms. The quantitative estimate of drug-likeness (QED) is 0.772. The van der Waals surface area contributed by atoms with E-state index in [9.17, 15) is 8.60 Å². The number of halogens is 1. The first-order valence-corrected chi connectivity index (χ1v) is 11.4. The molecule has 0 radical (unpaired) electrons. The van der Waals surface area contributed by atoms with E-state index in [-0.39, 0.29) is 19.1 Å². The summed E-state index contributed by atoms with van der Waals surface area (Å²) < 4.78 is 59.8. The van der Waals surface area contributed by atoms with E-state index >= 15 is 0 Å². The molecule has 2 fully saturated rings. The Kier molecular flexibility index (Phi) is 4.35. The average molecular weight is 436 g/mol. The van der Waals surface area contributed by atoms with Gasteiger partial charge in [-0.05, 0) is 30.5 Å². The second-order valence-electron chi connectivity index (χ2n) is 7.94. The Morgan fingerprint density at radius 1 is 1.30 bits per heavy atom. The number of hydrogen-bond donors (Lipinski definition) is 1. The van der Waals surface area contributed by atoms with E-state index in [4.69, 9.17) is 18.6 Å². The topological polar surface area (TPSA) is 76.6 Å². The van der Waals surface area contributed by atoms with E-state index in [0.29, 0.717) is 47.6 Å². The number of nitrogens with one attached hydrogen (secondary N) is 1. The van der Waals surface area contributed by atoms with Gasteiger partial charge in [-0.1, -0.05) is 12.1 Å². The van der Waals surface area contributed by atoms with Crippen LogP contribution in [0, 0.1) is 5.82 Å². The largest absolute Gasteiger partial charge is 0.381 e. The van der Waals surface area contributed by atoms with Gasteiger partial charge in [0.05, 0.1) is 33.7 Å². The molecule has 0 spiro atoms. The van der Waals surface area contributed by atoms with Crippen LogP contribution < -0.4 is 10.2 Å². The molecule has 2 saturated heterocycles. The molecule has 1 N–H and O–H groups in total. The van der Waals surface area contributed by atoms with Crippen LogP contribution in [0.25, 0.3) is 0 Å². The third-order valence-corrected chi connectivity index (χ3v) is 7.44. The highest BCUT2D eigenvalue weighted by Crippen LogP contribution is 2.39. The molecule has 0 bridgehead atoms. The van der Waals surface area contributed by atoms with Gasteiger partial charge in [-0.15, -0.1) is 0 Å². The maximum absolute atomic E-state index is 13.4. The monoisotopic (exact) mass is 435 g/mol. The zero-order valence-electron chi connectivity index (χ0n) is 19.4. The number of ether oxygens (including phenoxy) is 2. The third kappa shape index (κ3) is 3.48. The van der Waals surface area contributed by atoms with Crippen molar-refractivity contribution in [3.63, 3.8) is 0 Å². The molecule has 2 aromatic rings. The zero-order valence-corrected chi connectivity index (χ0v) is 17.2. The highest BCUT2D eigenvalue weighted by molar-refractivity contribution is 7.85. The van der Waals surface area contributed by atoms with Crippen molar-refractivity contribution in [2.75, 3.05) is 49.3 Å². The summed E-state index contributed by atoms with van der Waals surface area (Å²) in [4.78, 5) is 11.8. The lowest BCUT2D eigenvalue weighted by molar-refractivity contribution is -0.0390. The van der Waals surface area contributed by atoms with Crippen LogP contribution >= 0.6 is 0 Å². The number of nitrogens with zero attached hydrogens (tertiary/aromatic N) is 3. The van der Waals surface area contributed by atoms with Gasteiger partial charge in [-0.2, -0.15) is 4.98 Å². The van der Waals surface area contributed by atoms with Gasteiger partial charge in [-0.25, -0.2) is 9.37 Å². The van der Waals surface area contributed by atoms with E-state index in [2.05, 4.69) is 10.3 Å². The molecular formula is C21H25FN4O3S. The molecular weight excluding hydrogens is 407 g/mol. The molecule has 5 rings (SSSR count). The summed E-state index contributed by atoms with van der Waals surface area (Å²) in [5.41, 5.74) is 0.210. The average Bonchev–Trinajstić information content (AvgIpc) is 3.12. The van der Waals surface area contributed by atoms with Crippen LogP contribution in [0.15, 0.2) is 29.2 Å². The van der Waals surface area contributed by atoms with Crippen molar-refractivity contribution >= 4 is 22.6 Å². The first-order chi connectivity index (χ1) is 15.7. The van der Waals surface area contributed by atoms with Gasteiger partial charge >= 0.3 is 0 Å². The van der Waals surface area contributed by atoms with Crippen LogP contribution in [-0.4, -0.2) is 59.3 Å². The number of anilines is 2. The summed E-state index contributed by atoms with van der Waals surface area (Å²) in [6.45, 7) is 1.74. The first-order valence-electron chi connectivity index (χ1n) is 11.6. The van der Waals surface area contributed by atoms with E-state index in [1.807, 2.05) is 4.90 Å². The van der Waals surface area contributed by atoms with Gasteiger partial charge in [0.1, 0.15) is 22.1 Å². The van der Waals surface area contributed by atoms with E-state index < -0.39 is 29.3 Å². The number of benzene rings is 1. The van der Waals surface area contributed by atoms with Crippen molar-refractivity contribution in [3.8, 4) is 0 Å². The van der Waals surface area contributed by atoms with Crippen molar-refractivity contribution in [1.82, 2.24) is 9.97 Å². The number of fused-ring (bicyclic) bond motifs is 1. The summed E-state index contributed by atoms with van der Waals surface area (Å²) in [5, 5.41) is 3.44. The SMILES string of the molecule is [2H]C([2H])([2H])OC1(c2ccc(F)cc2)CN(c2nc3c(c(NC4CCOCC4)n2)S(=O)CC3)C1. The fraction of sp³-hybridized carbons (Fsp3) is 0.524.